The van der Waals surface area contributed by atoms with Gasteiger partial charge in [0, 0.05) is 5.41 Å². The van der Waals surface area contributed by atoms with Gasteiger partial charge in [-0.3, -0.25) is 0 Å². The molecule has 1 saturated carbocycles. The van der Waals surface area contributed by atoms with Crippen LogP contribution in [0.5, 0.6) is 0 Å². The van der Waals surface area contributed by atoms with Crippen molar-refractivity contribution in [3.63, 3.8) is 0 Å². The number of hydrogen-bond donors (Lipinski definition) is 0. The maximum absolute atomic E-state index is 6.28. The molecular formula is C28H38B2O4. The van der Waals surface area contributed by atoms with E-state index in [1.807, 2.05) is 0 Å². The summed E-state index contributed by atoms with van der Waals surface area (Å²) >= 11 is 0. The molecule has 1 aliphatic carbocycles. The largest absolute Gasteiger partial charge is 0.494 e. The molecule has 2 aromatic rings. The van der Waals surface area contributed by atoms with Crippen LogP contribution in [0.3, 0.4) is 0 Å². The van der Waals surface area contributed by atoms with E-state index in [9.17, 15) is 0 Å². The van der Waals surface area contributed by atoms with Gasteiger partial charge in [0.1, 0.15) is 0 Å². The van der Waals surface area contributed by atoms with Crippen LogP contribution in [-0.4, -0.2) is 37.6 Å². The lowest BCUT2D eigenvalue weighted by Gasteiger charge is -2.39. The summed E-state index contributed by atoms with van der Waals surface area (Å²) < 4.78 is 24.5. The van der Waals surface area contributed by atoms with Crippen molar-refractivity contribution < 1.29 is 18.6 Å². The Labute approximate surface area is 206 Å². The van der Waals surface area contributed by atoms with Crippen LogP contribution in [0.4, 0.5) is 0 Å². The first-order valence-electron chi connectivity index (χ1n) is 12.9. The molecule has 5 rings (SSSR count). The van der Waals surface area contributed by atoms with Gasteiger partial charge in [-0.25, -0.2) is 0 Å². The average molecular weight is 460 g/mol. The van der Waals surface area contributed by atoms with E-state index in [2.05, 4.69) is 90.1 Å². The van der Waals surface area contributed by atoms with Crippen LogP contribution >= 0.6 is 0 Å². The van der Waals surface area contributed by atoms with Crippen LogP contribution in [0, 0.1) is 0 Å². The quantitative estimate of drug-likeness (QED) is 0.617. The fourth-order valence-electron chi connectivity index (χ4n) is 5.60. The smallest absolute Gasteiger partial charge is 0.404 e. The first-order chi connectivity index (χ1) is 16.0. The Bertz CT molecular complexity index is 992. The monoisotopic (exact) mass is 460 g/mol. The van der Waals surface area contributed by atoms with Crippen molar-refractivity contribution >= 4 is 25.2 Å². The number of benzene rings is 2. The minimum Gasteiger partial charge on any atom is -0.404 e. The fraction of sp³-hybridized carbons (Fsp3) is 0.571. The SMILES string of the molecule is CC1(C)COB(c2ccc(C3(c4ccc(B5OC(C)(C)C(C)(C)O5)cc4)CCCCC3)cc2)O1. The van der Waals surface area contributed by atoms with Gasteiger partial charge in [-0.15, -0.1) is 0 Å². The highest BCUT2D eigenvalue weighted by atomic mass is 16.7. The van der Waals surface area contributed by atoms with Crippen molar-refractivity contribution in [3.8, 4) is 0 Å². The molecule has 2 aromatic carbocycles. The maximum Gasteiger partial charge on any atom is 0.494 e. The molecule has 2 saturated heterocycles. The summed E-state index contributed by atoms with van der Waals surface area (Å²) in [6.07, 6.45) is 6.16. The topological polar surface area (TPSA) is 36.9 Å². The van der Waals surface area contributed by atoms with E-state index in [1.165, 1.54) is 43.2 Å². The third-order valence-electron chi connectivity index (χ3n) is 8.44. The molecule has 180 valence electrons. The fourth-order valence-corrected chi connectivity index (χ4v) is 5.60. The zero-order chi connectivity index (χ0) is 24.2. The summed E-state index contributed by atoms with van der Waals surface area (Å²) in [4.78, 5) is 0. The zero-order valence-electron chi connectivity index (χ0n) is 21.6. The maximum atomic E-state index is 6.28. The molecule has 2 aliphatic heterocycles. The third-order valence-corrected chi connectivity index (χ3v) is 8.44. The number of rotatable bonds is 4. The standard InChI is InChI=1S/C28H38B2O4/c1-25(2)20-31-29(32-25)23-14-10-21(11-15-23)28(18-8-7-9-19-28)22-12-16-24(17-13-22)30-33-26(3,4)27(5,6)34-30/h10-17H,7-9,18-20H2,1-6H3. The second kappa shape index (κ2) is 8.51. The van der Waals surface area contributed by atoms with E-state index in [4.69, 9.17) is 18.6 Å². The normalized spacial score (nSPS) is 25.0. The Morgan fingerprint density at radius 1 is 0.588 bits per heavy atom. The van der Waals surface area contributed by atoms with Crippen LogP contribution in [0.15, 0.2) is 48.5 Å². The van der Waals surface area contributed by atoms with E-state index < -0.39 is 0 Å². The second-order valence-electron chi connectivity index (χ2n) is 12.0. The second-order valence-corrected chi connectivity index (χ2v) is 12.0. The van der Waals surface area contributed by atoms with E-state index in [0.29, 0.717) is 6.61 Å². The van der Waals surface area contributed by atoms with Gasteiger partial charge in [0.2, 0.25) is 0 Å². The Kier molecular flexibility index (Phi) is 6.04. The lowest BCUT2D eigenvalue weighted by molar-refractivity contribution is 0.00578. The lowest BCUT2D eigenvalue weighted by Crippen LogP contribution is -2.41. The molecule has 0 atom stereocenters. The molecule has 0 bridgehead atoms. The Hall–Kier alpha value is -1.59. The Morgan fingerprint density at radius 2 is 1.06 bits per heavy atom. The summed E-state index contributed by atoms with van der Waals surface area (Å²) in [5.74, 6) is 0. The summed E-state index contributed by atoms with van der Waals surface area (Å²) in [6, 6.07) is 18.0. The van der Waals surface area contributed by atoms with Crippen LogP contribution < -0.4 is 10.9 Å². The Balaban J connectivity index is 1.41. The van der Waals surface area contributed by atoms with Gasteiger partial charge in [0.25, 0.3) is 0 Å². The minimum atomic E-state index is -0.329. The number of hydrogen-bond acceptors (Lipinski definition) is 4. The van der Waals surface area contributed by atoms with Gasteiger partial charge in [0.05, 0.1) is 23.4 Å². The average Bonchev–Trinajstić information content (AvgIpc) is 3.28. The van der Waals surface area contributed by atoms with E-state index in [0.717, 1.165) is 10.9 Å². The van der Waals surface area contributed by atoms with E-state index in [-0.39, 0.29) is 36.5 Å². The first kappa shape index (κ1) is 24.1. The molecule has 34 heavy (non-hydrogen) atoms. The third kappa shape index (κ3) is 4.28. The highest BCUT2D eigenvalue weighted by Gasteiger charge is 2.51. The molecule has 0 amide bonds. The molecule has 0 radical (unpaired) electrons. The van der Waals surface area contributed by atoms with E-state index >= 15 is 0 Å². The molecule has 2 heterocycles. The summed E-state index contributed by atoms with van der Waals surface area (Å²) in [7, 11) is -0.596. The van der Waals surface area contributed by atoms with Crippen molar-refractivity contribution in [1.82, 2.24) is 0 Å². The molecule has 3 aliphatic rings. The highest BCUT2D eigenvalue weighted by molar-refractivity contribution is 6.62. The molecule has 0 spiro atoms. The van der Waals surface area contributed by atoms with Gasteiger partial charge < -0.3 is 18.6 Å². The summed E-state index contributed by atoms with van der Waals surface area (Å²) in [5, 5.41) is 0. The van der Waals surface area contributed by atoms with Crippen molar-refractivity contribution in [3.05, 3.63) is 59.7 Å². The molecular weight excluding hydrogens is 422 g/mol. The predicted octanol–water partition coefficient (Wildman–Crippen LogP) is 4.76. The van der Waals surface area contributed by atoms with Gasteiger partial charge >= 0.3 is 14.2 Å². The van der Waals surface area contributed by atoms with Gasteiger partial charge in [-0.1, -0.05) is 67.8 Å². The van der Waals surface area contributed by atoms with E-state index in [1.54, 1.807) is 0 Å². The van der Waals surface area contributed by atoms with Crippen molar-refractivity contribution in [2.45, 2.75) is 95.9 Å². The minimum absolute atomic E-state index is 0.0436. The molecule has 0 N–H and O–H groups in total. The van der Waals surface area contributed by atoms with Crippen LogP contribution in [0.1, 0.15) is 84.8 Å². The zero-order valence-corrected chi connectivity index (χ0v) is 21.6. The van der Waals surface area contributed by atoms with Crippen molar-refractivity contribution in [2.24, 2.45) is 0 Å². The summed E-state index contributed by atoms with van der Waals surface area (Å²) in [5.41, 5.74) is 4.11. The Morgan fingerprint density at radius 3 is 1.50 bits per heavy atom. The van der Waals surface area contributed by atoms with Crippen LogP contribution in [-0.2, 0) is 24.0 Å². The highest BCUT2D eigenvalue weighted by Crippen LogP contribution is 2.45. The van der Waals surface area contributed by atoms with Crippen LogP contribution in [0.2, 0.25) is 0 Å². The molecule has 0 unspecified atom stereocenters. The van der Waals surface area contributed by atoms with Gasteiger partial charge in [-0.05, 0) is 76.4 Å². The van der Waals surface area contributed by atoms with Crippen molar-refractivity contribution in [1.29, 1.82) is 0 Å². The van der Waals surface area contributed by atoms with Gasteiger partial charge in [-0.2, -0.15) is 0 Å². The van der Waals surface area contributed by atoms with Gasteiger partial charge in [0.15, 0.2) is 0 Å². The van der Waals surface area contributed by atoms with Crippen LogP contribution in [0.25, 0.3) is 0 Å². The molecule has 0 aromatic heterocycles. The molecule has 6 heteroatoms. The molecule has 4 nitrogen and oxygen atoms in total. The lowest BCUT2D eigenvalue weighted by atomic mass is 9.64. The predicted molar refractivity (Wildman–Crippen MR) is 139 cm³/mol. The molecule has 3 fully saturated rings. The first-order valence-corrected chi connectivity index (χ1v) is 12.9. The summed E-state index contributed by atoms with van der Waals surface area (Å²) in [6.45, 7) is 13.2. The van der Waals surface area contributed by atoms with Crippen molar-refractivity contribution in [2.75, 3.05) is 6.61 Å².